The Morgan fingerprint density at radius 1 is 1.00 bits per heavy atom. The molecule has 0 unspecified atom stereocenters. The molecule has 0 saturated heterocycles. The first kappa shape index (κ1) is 20.5. The van der Waals surface area contributed by atoms with Crippen molar-refractivity contribution < 1.29 is 0 Å². The highest BCUT2D eigenvalue weighted by atomic mass is 32.1. The van der Waals surface area contributed by atoms with Crippen LogP contribution in [0.25, 0.3) is 11.4 Å². The van der Waals surface area contributed by atoms with Gasteiger partial charge in [0.25, 0.3) is 0 Å². The van der Waals surface area contributed by atoms with Gasteiger partial charge in [0.2, 0.25) is 0 Å². The average molecular weight is 420 g/mol. The second-order valence-electron chi connectivity index (χ2n) is 7.86. The van der Waals surface area contributed by atoms with E-state index in [4.69, 9.17) is 12.2 Å². The number of thiocarbonyl (C=S) groups is 1. The molecular weight excluding hydrogens is 390 g/mol. The molecule has 4 rings (SSSR count). The molecule has 0 radical (unpaired) electrons. The zero-order valence-corrected chi connectivity index (χ0v) is 18.3. The summed E-state index contributed by atoms with van der Waals surface area (Å²) in [6.45, 7) is 3.21. The first-order valence-corrected chi connectivity index (χ1v) is 11.3. The first-order chi connectivity index (χ1) is 14.7. The molecule has 30 heavy (non-hydrogen) atoms. The van der Waals surface area contributed by atoms with Crippen LogP contribution in [0.1, 0.15) is 50.4 Å². The van der Waals surface area contributed by atoms with Gasteiger partial charge in [0.15, 0.2) is 10.9 Å². The Labute approximate surface area is 183 Å². The van der Waals surface area contributed by atoms with Crippen molar-refractivity contribution in [2.24, 2.45) is 0 Å². The average Bonchev–Trinajstić information content (AvgIpc) is 3.01. The lowest BCUT2D eigenvalue weighted by molar-refractivity contribution is 0.636. The topological polar surface area (TPSA) is 54.8 Å². The van der Waals surface area contributed by atoms with E-state index in [1.54, 1.807) is 0 Å². The van der Waals surface area contributed by atoms with E-state index in [2.05, 4.69) is 68.7 Å². The number of anilines is 2. The fraction of sp³-hybridized carbons (Fsp3) is 0.375. The normalized spacial score (nSPS) is 13.4. The van der Waals surface area contributed by atoms with E-state index in [9.17, 15) is 0 Å². The highest BCUT2D eigenvalue weighted by molar-refractivity contribution is 7.80. The van der Waals surface area contributed by atoms with Crippen molar-refractivity contribution >= 4 is 28.7 Å². The summed E-state index contributed by atoms with van der Waals surface area (Å²) in [5, 5.41) is 16.0. The SMILES string of the molecule is CCCCc1ccc(NC(=S)Nc2cccc(-c3nnc4n3CCCCC4)c2)cc1. The van der Waals surface area contributed by atoms with Gasteiger partial charge in [0.1, 0.15) is 5.82 Å². The minimum Gasteiger partial charge on any atom is -0.332 e. The number of hydrogen-bond acceptors (Lipinski definition) is 3. The van der Waals surface area contributed by atoms with Crippen molar-refractivity contribution in [3.05, 3.63) is 59.9 Å². The van der Waals surface area contributed by atoms with Gasteiger partial charge < -0.3 is 15.2 Å². The van der Waals surface area contributed by atoms with Crippen LogP contribution in [0.2, 0.25) is 0 Å². The molecule has 0 aliphatic carbocycles. The van der Waals surface area contributed by atoms with Gasteiger partial charge in [-0.25, -0.2) is 0 Å². The summed E-state index contributed by atoms with van der Waals surface area (Å²) in [6.07, 6.45) is 8.20. The second kappa shape index (κ2) is 9.85. The third kappa shape index (κ3) is 5.05. The van der Waals surface area contributed by atoms with Crippen LogP contribution in [-0.2, 0) is 19.4 Å². The Morgan fingerprint density at radius 3 is 2.67 bits per heavy atom. The summed E-state index contributed by atoms with van der Waals surface area (Å²) in [5.74, 6) is 2.04. The fourth-order valence-electron chi connectivity index (χ4n) is 3.86. The summed E-state index contributed by atoms with van der Waals surface area (Å²) in [7, 11) is 0. The molecular formula is C24H29N5S. The van der Waals surface area contributed by atoms with Crippen LogP contribution in [0.3, 0.4) is 0 Å². The van der Waals surface area contributed by atoms with E-state index >= 15 is 0 Å². The molecule has 3 aromatic rings. The van der Waals surface area contributed by atoms with Gasteiger partial charge >= 0.3 is 0 Å². The standard InChI is InChI=1S/C24H29N5S/c1-2-3-8-18-12-14-20(15-13-18)25-24(30)26-21-10-7-9-19(17-21)23-28-27-22-11-5-4-6-16-29(22)23/h7,9-10,12-15,17H,2-6,8,11,16H2,1H3,(H2,25,26,30). The lowest BCUT2D eigenvalue weighted by atomic mass is 10.1. The molecule has 1 aliphatic rings. The number of aromatic nitrogens is 3. The predicted octanol–water partition coefficient (Wildman–Crippen LogP) is 5.82. The molecule has 0 saturated carbocycles. The molecule has 0 amide bonds. The molecule has 0 bridgehead atoms. The largest absolute Gasteiger partial charge is 0.332 e. The van der Waals surface area contributed by atoms with Gasteiger partial charge in [-0.1, -0.05) is 44.0 Å². The van der Waals surface area contributed by atoms with Crippen LogP contribution in [0.5, 0.6) is 0 Å². The third-order valence-corrected chi connectivity index (χ3v) is 5.72. The molecule has 0 spiro atoms. The smallest absolute Gasteiger partial charge is 0.175 e. The fourth-order valence-corrected chi connectivity index (χ4v) is 4.10. The van der Waals surface area contributed by atoms with Crippen molar-refractivity contribution in [3.63, 3.8) is 0 Å². The van der Waals surface area contributed by atoms with Crippen LogP contribution in [0.4, 0.5) is 11.4 Å². The van der Waals surface area contributed by atoms with Crippen LogP contribution < -0.4 is 10.6 Å². The monoisotopic (exact) mass is 419 g/mol. The number of fused-ring (bicyclic) bond motifs is 1. The van der Waals surface area contributed by atoms with Gasteiger partial charge in [-0.3, -0.25) is 0 Å². The lowest BCUT2D eigenvalue weighted by Gasteiger charge is -2.12. The van der Waals surface area contributed by atoms with E-state index in [-0.39, 0.29) is 0 Å². The maximum absolute atomic E-state index is 5.52. The number of rotatable bonds is 6. The number of aryl methyl sites for hydroxylation is 2. The summed E-state index contributed by atoms with van der Waals surface area (Å²) < 4.78 is 2.27. The number of benzene rings is 2. The van der Waals surface area contributed by atoms with E-state index in [0.717, 1.165) is 48.0 Å². The maximum atomic E-state index is 5.52. The van der Waals surface area contributed by atoms with Crippen LogP contribution in [-0.4, -0.2) is 19.9 Å². The summed E-state index contributed by atoms with van der Waals surface area (Å²) in [6, 6.07) is 16.7. The third-order valence-electron chi connectivity index (χ3n) is 5.52. The maximum Gasteiger partial charge on any atom is 0.175 e. The van der Waals surface area contributed by atoms with Gasteiger partial charge in [-0.2, -0.15) is 0 Å². The Bertz CT molecular complexity index is 993. The molecule has 2 N–H and O–H groups in total. The Hall–Kier alpha value is -2.73. The molecule has 2 aromatic carbocycles. The van der Waals surface area contributed by atoms with Crippen molar-refractivity contribution in [1.82, 2.24) is 14.8 Å². The Balaban J connectivity index is 1.42. The molecule has 2 heterocycles. The van der Waals surface area contributed by atoms with Gasteiger partial charge in [-0.05, 0) is 67.7 Å². The number of hydrogen-bond donors (Lipinski definition) is 2. The molecule has 1 aromatic heterocycles. The van der Waals surface area contributed by atoms with E-state index in [1.165, 1.54) is 37.7 Å². The summed E-state index contributed by atoms with van der Waals surface area (Å²) >= 11 is 5.52. The molecule has 0 atom stereocenters. The second-order valence-corrected chi connectivity index (χ2v) is 8.27. The summed E-state index contributed by atoms with van der Waals surface area (Å²) in [4.78, 5) is 0. The van der Waals surface area contributed by atoms with Crippen molar-refractivity contribution in [3.8, 4) is 11.4 Å². The molecule has 5 nitrogen and oxygen atoms in total. The lowest BCUT2D eigenvalue weighted by Crippen LogP contribution is -2.19. The Kier molecular flexibility index (Phi) is 6.74. The zero-order valence-electron chi connectivity index (χ0n) is 17.5. The minimum absolute atomic E-state index is 0.577. The highest BCUT2D eigenvalue weighted by Gasteiger charge is 2.16. The van der Waals surface area contributed by atoms with Crippen molar-refractivity contribution in [1.29, 1.82) is 0 Å². The Morgan fingerprint density at radius 2 is 1.83 bits per heavy atom. The van der Waals surface area contributed by atoms with Crippen LogP contribution in [0, 0.1) is 0 Å². The molecule has 1 aliphatic heterocycles. The van der Waals surface area contributed by atoms with Gasteiger partial charge in [0.05, 0.1) is 0 Å². The van der Waals surface area contributed by atoms with Crippen molar-refractivity contribution in [2.45, 2.75) is 58.4 Å². The van der Waals surface area contributed by atoms with Crippen LogP contribution >= 0.6 is 12.2 Å². The van der Waals surface area contributed by atoms with Gasteiger partial charge in [0, 0.05) is 29.9 Å². The number of nitrogens with one attached hydrogen (secondary N) is 2. The van der Waals surface area contributed by atoms with E-state index in [0.29, 0.717) is 5.11 Å². The number of nitrogens with zero attached hydrogens (tertiary/aromatic N) is 3. The molecule has 156 valence electrons. The zero-order chi connectivity index (χ0) is 20.8. The van der Waals surface area contributed by atoms with Crippen LogP contribution in [0.15, 0.2) is 48.5 Å². The quantitative estimate of drug-likeness (QED) is 0.493. The predicted molar refractivity (Wildman–Crippen MR) is 128 cm³/mol. The molecule has 0 fully saturated rings. The first-order valence-electron chi connectivity index (χ1n) is 10.9. The highest BCUT2D eigenvalue weighted by Crippen LogP contribution is 2.25. The summed E-state index contributed by atoms with van der Waals surface area (Å²) in [5.41, 5.74) is 4.35. The van der Waals surface area contributed by atoms with Crippen molar-refractivity contribution in [2.75, 3.05) is 10.6 Å². The van der Waals surface area contributed by atoms with E-state index < -0.39 is 0 Å². The van der Waals surface area contributed by atoms with E-state index in [1.807, 2.05) is 12.1 Å². The minimum atomic E-state index is 0.577. The molecule has 6 heteroatoms. The number of unbranched alkanes of at least 4 members (excludes halogenated alkanes) is 1. The van der Waals surface area contributed by atoms with Gasteiger partial charge in [-0.15, -0.1) is 10.2 Å².